The van der Waals surface area contributed by atoms with E-state index in [1.54, 1.807) is 18.2 Å². The Labute approximate surface area is 180 Å². The highest BCUT2D eigenvalue weighted by atomic mass is 35.5. The van der Waals surface area contributed by atoms with Crippen LogP contribution in [0.15, 0.2) is 79.1 Å². The van der Waals surface area contributed by atoms with Gasteiger partial charge in [-0.05, 0) is 47.5 Å². The zero-order valence-electron chi connectivity index (χ0n) is 16.7. The summed E-state index contributed by atoms with van der Waals surface area (Å²) >= 11 is 6.13. The van der Waals surface area contributed by atoms with Crippen LogP contribution in [0.2, 0.25) is 5.02 Å². The van der Waals surface area contributed by atoms with Gasteiger partial charge in [-0.1, -0.05) is 41.9 Å². The van der Waals surface area contributed by atoms with Gasteiger partial charge in [-0.2, -0.15) is 0 Å². The molecule has 6 heteroatoms. The van der Waals surface area contributed by atoms with Crippen molar-refractivity contribution in [3.05, 3.63) is 95.2 Å². The molecule has 30 heavy (non-hydrogen) atoms. The summed E-state index contributed by atoms with van der Waals surface area (Å²) in [5.41, 5.74) is 3.20. The number of carboxylic acid groups (broad SMARTS) is 1. The summed E-state index contributed by atoms with van der Waals surface area (Å²) < 4.78 is 10.9. The van der Waals surface area contributed by atoms with Gasteiger partial charge in [0.05, 0.1) is 13.4 Å². The molecule has 3 aromatic rings. The van der Waals surface area contributed by atoms with Gasteiger partial charge in [-0.15, -0.1) is 0 Å². The van der Waals surface area contributed by atoms with Crippen LogP contribution in [0, 0.1) is 0 Å². The smallest absolute Gasteiger partial charge is 0.339 e. The number of carbonyl (C=O) groups is 1. The van der Waals surface area contributed by atoms with E-state index in [1.807, 2.05) is 61.6 Å². The lowest BCUT2D eigenvalue weighted by Gasteiger charge is -2.20. The molecule has 0 spiro atoms. The molecular weight excluding hydrogens is 402 g/mol. The fraction of sp³-hybridized carbons (Fsp3) is 0.125. The van der Waals surface area contributed by atoms with E-state index in [1.165, 1.54) is 13.4 Å². The van der Waals surface area contributed by atoms with Crippen molar-refractivity contribution in [1.82, 2.24) is 0 Å². The largest absolute Gasteiger partial charge is 0.503 e. The Bertz CT molecular complexity index is 1050. The molecule has 5 nitrogen and oxygen atoms in total. The number of methoxy groups -OCH3 is 1. The molecule has 0 aliphatic heterocycles. The SMILES string of the molecule is COC=C(C(=O)O)c1ccc(Cl)cc1COc1cccc(N(C)c2ccccc2)c1. The minimum atomic E-state index is -1.09. The summed E-state index contributed by atoms with van der Waals surface area (Å²) in [5.74, 6) is -0.430. The molecule has 0 heterocycles. The van der Waals surface area contributed by atoms with Crippen molar-refractivity contribution in [3.63, 3.8) is 0 Å². The summed E-state index contributed by atoms with van der Waals surface area (Å²) in [6, 6.07) is 22.7. The first-order valence-electron chi connectivity index (χ1n) is 9.26. The van der Waals surface area contributed by atoms with E-state index in [2.05, 4.69) is 4.90 Å². The van der Waals surface area contributed by atoms with Gasteiger partial charge in [0.25, 0.3) is 0 Å². The molecule has 3 aromatic carbocycles. The van der Waals surface area contributed by atoms with E-state index < -0.39 is 5.97 Å². The standard InChI is InChI=1S/C24H22ClNO4/c1-26(19-7-4-3-5-8-19)20-9-6-10-21(14-20)30-15-17-13-18(25)11-12-22(17)23(16-29-2)24(27)28/h3-14,16H,15H2,1-2H3,(H,27,28). The average molecular weight is 424 g/mol. The summed E-state index contributed by atoms with van der Waals surface area (Å²) in [6.45, 7) is 0.155. The number of ether oxygens (including phenoxy) is 2. The number of aliphatic carboxylic acids is 1. The molecule has 154 valence electrons. The number of benzene rings is 3. The molecule has 0 aliphatic carbocycles. The van der Waals surface area contributed by atoms with E-state index >= 15 is 0 Å². The molecule has 0 saturated carbocycles. The third-order valence-electron chi connectivity index (χ3n) is 4.57. The van der Waals surface area contributed by atoms with Crippen LogP contribution in [0.3, 0.4) is 0 Å². The van der Waals surface area contributed by atoms with Crippen molar-refractivity contribution < 1.29 is 19.4 Å². The van der Waals surface area contributed by atoms with Gasteiger partial charge >= 0.3 is 5.97 Å². The van der Waals surface area contributed by atoms with Crippen molar-refractivity contribution in [1.29, 1.82) is 0 Å². The third-order valence-corrected chi connectivity index (χ3v) is 4.80. The van der Waals surface area contributed by atoms with Crippen molar-refractivity contribution >= 4 is 34.5 Å². The van der Waals surface area contributed by atoms with E-state index in [0.717, 1.165) is 11.4 Å². The first-order chi connectivity index (χ1) is 14.5. The average Bonchev–Trinajstić information content (AvgIpc) is 2.76. The van der Waals surface area contributed by atoms with Crippen molar-refractivity contribution in [2.24, 2.45) is 0 Å². The molecule has 0 unspecified atom stereocenters. The van der Waals surface area contributed by atoms with Gasteiger partial charge in [-0.3, -0.25) is 0 Å². The Kier molecular flexibility index (Phi) is 6.99. The summed E-state index contributed by atoms with van der Waals surface area (Å²) in [6.07, 6.45) is 1.20. The second kappa shape index (κ2) is 9.85. The zero-order valence-corrected chi connectivity index (χ0v) is 17.5. The molecule has 1 N–H and O–H groups in total. The van der Waals surface area contributed by atoms with Gasteiger partial charge in [-0.25, -0.2) is 4.79 Å². The molecule has 0 saturated heterocycles. The lowest BCUT2D eigenvalue weighted by atomic mass is 10.0. The monoisotopic (exact) mass is 423 g/mol. The molecule has 0 amide bonds. The van der Waals surface area contributed by atoms with Gasteiger partial charge in [0, 0.05) is 29.5 Å². The third kappa shape index (κ3) is 5.13. The van der Waals surface area contributed by atoms with Gasteiger partial charge in [0.1, 0.15) is 17.9 Å². The normalized spacial score (nSPS) is 11.1. The Balaban J connectivity index is 1.83. The number of nitrogens with zero attached hydrogens (tertiary/aromatic N) is 1. The van der Waals surface area contributed by atoms with Crippen molar-refractivity contribution in [2.75, 3.05) is 19.1 Å². The van der Waals surface area contributed by atoms with Crippen molar-refractivity contribution in [2.45, 2.75) is 6.61 Å². The van der Waals surface area contributed by atoms with E-state index in [-0.39, 0.29) is 12.2 Å². The Morgan fingerprint density at radius 3 is 2.47 bits per heavy atom. The molecule has 0 fully saturated rings. The minimum Gasteiger partial charge on any atom is -0.503 e. The highest BCUT2D eigenvalue weighted by Gasteiger charge is 2.16. The number of hydrogen-bond donors (Lipinski definition) is 1. The molecule has 0 aromatic heterocycles. The zero-order chi connectivity index (χ0) is 21.5. The quantitative estimate of drug-likeness (QED) is 0.368. The summed E-state index contributed by atoms with van der Waals surface area (Å²) in [5, 5.41) is 10.0. The van der Waals surface area contributed by atoms with Gasteiger partial charge in [0.2, 0.25) is 0 Å². The molecule has 0 atom stereocenters. The topological polar surface area (TPSA) is 59.0 Å². The second-order valence-electron chi connectivity index (χ2n) is 6.55. The number of para-hydroxylation sites is 1. The van der Waals surface area contributed by atoms with Crippen LogP contribution < -0.4 is 9.64 Å². The predicted octanol–water partition coefficient (Wildman–Crippen LogP) is 5.76. The maximum Gasteiger partial charge on any atom is 0.339 e. The number of rotatable bonds is 8. The molecular formula is C24H22ClNO4. The number of carboxylic acids is 1. The van der Waals surface area contributed by atoms with Crippen LogP contribution in [0.4, 0.5) is 11.4 Å². The van der Waals surface area contributed by atoms with Crippen LogP contribution in [-0.2, 0) is 16.1 Å². The van der Waals surface area contributed by atoms with Crippen LogP contribution in [0.1, 0.15) is 11.1 Å². The first kappa shape index (κ1) is 21.3. The number of hydrogen-bond acceptors (Lipinski definition) is 4. The predicted molar refractivity (Wildman–Crippen MR) is 119 cm³/mol. The molecule has 0 radical (unpaired) electrons. The highest BCUT2D eigenvalue weighted by Crippen LogP contribution is 2.29. The first-order valence-corrected chi connectivity index (χ1v) is 9.64. The maximum atomic E-state index is 11.6. The van der Waals surface area contributed by atoms with Crippen LogP contribution in [0.25, 0.3) is 5.57 Å². The Morgan fingerprint density at radius 2 is 1.77 bits per heavy atom. The molecule has 3 rings (SSSR count). The van der Waals surface area contributed by atoms with Crippen LogP contribution in [0.5, 0.6) is 5.75 Å². The van der Waals surface area contributed by atoms with Crippen LogP contribution in [-0.4, -0.2) is 25.2 Å². The minimum absolute atomic E-state index is 0.0327. The van der Waals surface area contributed by atoms with Gasteiger partial charge in [0.15, 0.2) is 0 Å². The maximum absolute atomic E-state index is 11.6. The number of anilines is 2. The van der Waals surface area contributed by atoms with Crippen molar-refractivity contribution in [3.8, 4) is 5.75 Å². The number of halogens is 1. The van der Waals surface area contributed by atoms with E-state index in [0.29, 0.717) is 21.9 Å². The molecule has 0 aliphatic rings. The van der Waals surface area contributed by atoms with Crippen LogP contribution >= 0.6 is 11.6 Å². The Hall–Kier alpha value is -3.44. The lowest BCUT2D eigenvalue weighted by molar-refractivity contribution is -0.130. The second-order valence-corrected chi connectivity index (χ2v) is 6.99. The Morgan fingerprint density at radius 1 is 1.03 bits per heavy atom. The van der Waals surface area contributed by atoms with Gasteiger partial charge < -0.3 is 19.5 Å². The highest BCUT2D eigenvalue weighted by molar-refractivity contribution is 6.30. The van der Waals surface area contributed by atoms with E-state index in [9.17, 15) is 9.90 Å². The lowest BCUT2D eigenvalue weighted by Crippen LogP contribution is -2.09. The summed E-state index contributed by atoms with van der Waals surface area (Å²) in [7, 11) is 3.39. The molecule has 0 bridgehead atoms. The summed E-state index contributed by atoms with van der Waals surface area (Å²) in [4.78, 5) is 13.7. The fourth-order valence-electron chi connectivity index (χ4n) is 3.04. The fourth-order valence-corrected chi connectivity index (χ4v) is 3.23. The van der Waals surface area contributed by atoms with E-state index in [4.69, 9.17) is 21.1 Å².